The van der Waals surface area contributed by atoms with Gasteiger partial charge in [-0.2, -0.15) is 0 Å². The highest BCUT2D eigenvalue weighted by atomic mass is 14.0. The first-order valence-corrected chi connectivity index (χ1v) is 11.1. The van der Waals surface area contributed by atoms with Crippen molar-refractivity contribution >= 4 is 0 Å². The predicted molar refractivity (Wildman–Crippen MR) is 140 cm³/mol. The molecule has 0 bridgehead atoms. The van der Waals surface area contributed by atoms with Crippen LogP contribution < -0.4 is 0 Å². The van der Waals surface area contributed by atoms with E-state index < -0.39 is 0 Å². The highest BCUT2D eigenvalue weighted by Gasteiger charge is 1.92. The zero-order valence-corrected chi connectivity index (χ0v) is 21.8. The smallest absolute Gasteiger partial charge is 0.0274 e. The van der Waals surface area contributed by atoms with Crippen LogP contribution in [0.1, 0.15) is 105 Å². The van der Waals surface area contributed by atoms with Crippen molar-refractivity contribution in [2.24, 2.45) is 0 Å². The third kappa shape index (κ3) is 30.9. The zero-order valence-electron chi connectivity index (χ0n) is 21.8. The van der Waals surface area contributed by atoms with Crippen LogP contribution in [0, 0.1) is 25.7 Å². The minimum atomic E-state index is 0.924. The third-order valence-corrected chi connectivity index (χ3v) is 2.85. The maximum absolute atomic E-state index is 3.91. The Bertz CT molecular complexity index is 607. The van der Waals surface area contributed by atoms with Gasteiger partial charge in [0.2, 0.25) is 0 Å². The van der Waals surface area contributed by atoms with E-state index in [4.69, 9.17) is 0 Å². The van der Waals surface area contributed by atoms with Gasteiger partial charge in [-0.3, -0.25) is 0 Å². The molecule has 0 N–H and O–H groups in total. The molecule has 1 rings (SSSR count). The zero-order chi connectivity index (χ0) is 23.8. The first kappa shape index (κ1) is 34.5. The van der Waals surface area contributed by atoms with E-state index in [9.17, 15) is 0 Å². The number of hydrogen-bond acceptors (Lipinski definition) is 0. The normalized spacial score (nSPS) is 7.72. The summed E-state index contributed by atoms with van der Waals surface area (Å²) in [5, 5.41) is 0. The van der Waals surface area contributed by atoms with Gasteiger partial charge in [0.25, 0.3) is 0 Å². The maximum atomic E-state index is 3.91. The fraction of sp³-hybridized carbons (Fsp3) is 0.517. The van der Waals surface area contributed by atoms with Gasteiger partial charge in [-0.25, -0.2) is 0 Å². The molecule has 1 aromatic carbocycles. The summed E-state index contributed by atoms with van der Waals surface area (Å²) >= 11 is 0. The lowest BCUT2D eigenvalue weighted by Gasteiger charge is -1.98. The van der Waals surface area contributed by atoms with Gasteiger partial charge in [0.15, 0.2) is 0 Å². The first-order chi connectivity index (χ1) is 13.6. The van der Waals surface area contributed by atoms with Crippen molar-refractivity contribution in [1.82, 2.24) is 0 Å². The molecule has 0 amide bonds. The first-order valence-electron chi connectivity index (χ1n) is 11.1. The molecule has 29 heavy (non-hydrogen) atoms. The Morgan fingerprint density at radius 1 is 0.931 bits per heavy atom. The summed E-state index contributed by atoms with van der Waals surface area (Å²) in [4.78, 5) is 0. The van der Waals surface area contributed by atoms with E-state index in [-0.39, 0.29) is 0 Å². The molecule has 0 heteroatoms. The lowest BCUT2D eigenvalue weighted by Crippen LogP contribution is -1.82. The number of hydrogen-bond donors (Lipinski definition) is 0. The molecule has 0 saturated carbocycles. The third-order valence-electron chi connectivity index (χ3n) is 2.85. The Labute approximate surface area is 185 Å². The minimum Gasteiger partial charge on any atom is -0.100 e. The van der Waals surface area contributed by atoms with E-state index in [1.807, 2.05) is 41.5 Å². The molecular formula is C29H50. The summed E-state index contributed by atoms with van der Waals surface area (Å²) in [7, 11) is 0. The average molecular weight is 399 g/mol. The van der Waals surface area contributed by atoms with E-state index in [0.29, 0.717) is 0 Å². The van der Waals surface area contributed by atoms with E-state index >= 15 is 0 Å². The summed E-state index contributed by atoms with van der Waals surface area (Å²) in [6, 6.07) is 6.36. The Morgan fingerprint density at radius 3 is 1.76 bits per heavy atom. The molecule has 166 valence electrons. The molecule has 0 aliphatic heterocycles. The van der Waals surface area contributed by atoms with Crippen LogP contribution in [0.25, 0.3) is 0 Å². The maximum Gasteiger partial charge on any atom is 0.0274 e. The lowest BCUT2D eigenvalue weighted by molar-refractivity contribution is 0.927. The van der Waals surface area contributed by atoms with Crippen LogP contribution in [0.3, 0.4) is 0 Å². The van der Waals surface area contributed by atoms with E-state index in [1.54, 1.807) is 0 Å². The van der Waals surface area contributed by atoms with Crippen LogP contribution in [-0.4, -0.2) is 0 Å². The summed E-state index contributed by atoms with van der Waals surface area (Å²) in [5.74, 6) is 6.21. The fourth-order valence-corrected chi connectivity index (χ4v) is 1.94. The van der Waals surface area contributed by atoms with Gasteiger partial charge >= 0.3 is 0 Å². The Morgan fingerprint density at radius 2 is 1.41 bits per heavy atom. The standard InChI is InChI=1S/C12H14.C9H16.C4H8.2C2H6/c1-4-5-6-12-8-7-10(2)9-11(12)3;1-5-6-9(4)7-8(2)3;1-4(2)3;2*1-2/h7-9H,4H2,1-3H3;7H,4-6H2,1-3H3;1H2,2-3H3;2*1-2H3. The molecule has 0 aromatic heterocycles. The average Bonchev–Trinajstić information content (AvgIpc) is 2.64. The van der Waals surface area contributed by atoms with Crippen molar-refractivity contribution in [2.75, 3.05) is 0 Å². The molecule has 0 nitrogen and oxygen atoms in total. The molecule has 1 aromatic rings. The molecule has 0 spiro atoms. The van der Waals surface area contributed by atoms with Gasteiger partial charge in [-0.05, 0) is 59.6 Å². The van der Waals surface area contributed by atoms with Crippen molar-refractivity contribution in [3.05, 3.63) is 70.8 Å². The van der Waals surface area contributed by atoms with Crippen molar-refractivity contribution < 1.29 is 0 Å². The van der Waals surface area contributed by atoms with Crippen LogP contribution in [0.2, 0.25) is 0 Å². The van der Waals surface area contributed by atoms with Crippen LogP contribution in [0.4, 0.5) is 0 Å². The SMILES string of the molecule is C=C(C)C.C=C(C=C(C)C)CCC.CC.CC.CCC#Cc1ccc(C)cc1C. The number of allylic oxidation sites excluding steroid dienone is 4. The molecule has 0 unspecified atom stereocenters. The molecular weight excluding hydrogens is 348 g/mol. The minimum absolute atomic E-state index is 0.924. The van der Waals surface area contributed by atoms with Crippen molar-refractivity contribution in [2.45, 2.75) is 102 Å². The summed E-state index contributed by atoms with van der Waals surface area (Å²) < 4.78 is 0. The molecule has 0 heterocycles. The molecule has 0 radical (unpaired) electrons. The van der Waals surface area contributed by atoms with Crippen LogP contribution in [0.15, 0.2) is 54.2 Å². The van der Waals surface area contributed by atoms with Crippen molar-refractivity contribution in [3.8, 4) is 11.8 Å². The highest BCUT2D eigenvalue weighted by molar-refractivity contribution is 5.42. The molecule has 0 aliphatic rings. The lowest BCUT2D eigenvalue weighted by atomic mass is 10.1. The quantitative estimate of drug-likeness (QED) is 0.270. The fourth-order valence-electron chi connectivity index (χ4n) is 1.94. The van der Waals surface area contributed by atoms with Gasteiger partial charge in [-0.15, -0.1) is 6.58 Å². The second-order valence-corrected chi connectivity index (χ2v) is 6.81. The molecule has 0 atom stereocenters. The van der Waals surface area contributed by atoms with Crippen molar-refractivity contribution in [3.63, 3.8) is 0 Å². The second kappa shape index (κ2) is 26.0. The largest absolute Gasteiger partial charge is 0.100 e. The van der Waals surface area contributed by atoms with E-state index in [0.717, 1.165) is 18.4 Å². The van der Waals surface area contributed by atoms with Gasteiger partial charge in [-0.1, -0.05) is 107 Å². The number of benzene rings is 1. The van der Waals surface area contributed by atoms with Gasteiger partial charge < -0.3 is 0 Å². The van der Waals surface area contributed by atoms with Gasteiger partial charge in [0.1, 0.15) is 0 Å². The predicted octanol–water partition coefficient (Wildman–Crippen LogP) is 10.0. The second-order valence-electron chi connectivity index (χ2n) is 6.81. The van der Waals surface area contributed by atoms with Crippen LogP contribution in [0.5, 0.6) is 0 Å². The van der Waals surface area contributed by atoms with Crippen LogP contribution in [-0.2, 0) is 0 Å². The molecule has 0 aliphatic carbocycles. The van der Waals surface area contributed by atoms with E-state index in [1.165, 1.54) is 34.3 Å². The molecule has 0 fully saturated rings. The summed E-state index contributed by atoms with van der Waals surface area (Å²) in [6.07, 6.45) is 5.39. The Kier molecular flexibility index (Phi) is 30.9. The van der Waals surface area contributed by atoms with Gasteiger partial charge in [0, 0.05) is 12.0 Å². The van der Waals surface area contributed by atoms with Gasteiger partial charge in [0.05, 0.1) is 0 Å². The van der Waals surface area contributed by atoms with Crippen molar-refractivity contribution in [1.29, 1.82) is 0 Å². The monoisotopic (exact) mass is 398 g/mol. The topological polar surface area (TPSA) is 0 Å². The number of rotatable bonds is 3. The Hall–Kier alpha value is -2.00. The summed E-state index contributed by atoms with van der Waals surface area (Å²) in [5.41, 5.74) is 7.49. The van der Waals surface area contributed by atoms with Crippen LogP contribution >= 0.6 is 0 Å². The van der Waals surface area contributed by atoms with E-state index in [2.05, 4.69) is 90.8 Å². The molecule has 0 saturated heterocycles. The number of aryl methyl sites for hydroxylation is 2. The highest BCUT2D eigenvalue weighted by Crippen LogP contribution is 2.08. The summed E-state index contributed by atoms with van der Waals surface area (Å²) in [6.45, 7) is 32.0. The Balaban J connectivity index is -0.000000162.